The van der Waals surface area contributed by atoms with E-state index in [4.69, 9.17) is 0 Å². The van der Waals surface area contributed by atoms with Crippen LogP contribution in [0.3, 0.4) is 0 Å². The molecule has 2 fully saturated rings. The Labute approximate surface area is 148 Å². The van der Waals surface area contributed by atoms with Gasteiger partial charge in [0.05, 0.1) is 11.3 Å². The lowest BCUT2D eigenvalue weighted by Gasteiger charge is -2.22. The van der Waals surface area contributed by atoms with Crippen LogP contribution in [0.5, 0.6) is 5.88 Å². The van der Waals surface area contributed by atoms with Crippen LogP contribution in [0.2, 0.25) is 0 Å². The minimum atomic E-state index is -0.000296. The number of amides is 1. The maximum absolute atomic E-state index is 12.2. The molecule has 24 heavy (non-hydrogen) atoms. The number of nitrogens with one attached hydrogen (secondary N) is 2. The Balaban J connectivity index is 1.46. The summed E-state index contributed by atoms with van der Waals surface area (Å²) in [6.07, 6.45) is 12.6. The molecule has 1 amide bonds. The van der Waals surface area contributed by atoms with E-state index in [-0.39, 0.29) is 18.2 Å². The van der Waals surface area contributed by atoms with Crippen LogP contribution in [0.15, 0.2) is 0 Å². The first-order valence-corrected chi connectivity index (χ1v) is 10.2. The standard InChI is InChI=1S/C18H29N3O2S/c22-16(20-14-9-5-2-6-10-14)11-15-17(23)21-18(24-15)19-12-13-7-3-1-4-8-13/h13-14,23H,1-12H2,(H,19,21)(H,20,22). The van der Waals surface area contributed by atoms with Crippen molar-refractivity contribution in [1.82, 2.24) is 10.3 Å². The molecule has 1 aromatic rings. The maximum atomic E-state index is 12.2. The minimum absolute atomic E-state index is 0.000296. The van der Waals surface area contributed by atoms with Crippen molar-refractivity contribution >= 4 is 22.4 Å². The van der Waals surface area contributed by atoms with Gasteiger partial charge in [0.2, 0.25) is 11.8 Å². The molecular formula is C18H29N3O2S. The van der Waals surface area contributed by atoms with Crippen molar-refractivity contribution in [3.63, 3.8) is 0 Å². The van der Waals surface area contributed by atoms with Crippen LogP contribution in [-0.4, -0.2) is 28.6 Å². The zero-order valence-corrected chi connectivity index (χ0v) is 15.2. The van der Waals surface area contributed by atoms with E-state index in [2.05, 4.69) is 15.6 Å². The summed E-state index contributed by atoms with van der Waals surface area (Å²) < 4.78 is 0. The highest BCUT2D eigenvalue weighted by molar-refractivity contribution is 7.16. The molecule has 2 aliphatic rings. The quantitative estimate of drug-likeness (QED) is 0.728. The van der Waals surface area contributed by atoms with E-state index in [0.717, 1.165) is 24.5 Å². The highest BCUT2D eigenvalue weighted by atomic mass is 32.1. The number of aromatic hydroxyl groups is 1. The lowest BCUT2D eigenvalue weighted by atomic mass is 9.89. The molecule has 0 saturated heterocycles. The number of carbonyl (C=O) groups is 1. The average molecular weight is 352 g/mol. The van der Waals surface area contributed by atoms with Crippen molar-refractivity contribution in [2.24, 2.45) is 5.92 Å². The van der Waals surface area contributed by atoms with Gasteiger partial charge in [-0.2, -0.15) is 4.98 Å². The molecule has 0 unspecified atom stereocenters. The van der Waals surface area contributed by atoms with Gasteiger partial charge >= 0.3 is 0 Å². The van der Waals surface area contributed by atoms with Crippen LogP contribution in [-0.2, 0) is 11.2 Å². The first-order chi connectivity index (χ1) is 11.7. The number of hydrogen-bond acceptors (Lipinski definition) is 5. The van der Waals surface area contributed by atoms with E-state index >= 15 is 0 Å². The summed E-state index contributed by atoms with van der Waals surface area (Å²) >= 11 is 1.41. The smallest absolute Gasteiger partial charge is 0.227 e. The Morgan fingerprint density at radius 1 is 1.08 bits per heavy atom. The van der Waals surface area contributed by atoms with Gasteiger partial charge in [-0.15, -0.1) is 0 Å². The van der Waals surface area contributed by atoms with Crippen molar-refractivity contribution in [2.75, 3.05) is 11.9 Å². The molecule has 0 bridgehead atoms. The maximum Gasteiger partial charge on any atom is 0.227 e. The molecule has 5 nitrogen and oxygen atoms in total. The molecule has 0 radical (unpaired) electrons. The lowest BCUT2D eigenvalue weighted by molar-refractivity contribution is -0.121. The second kappa shape index (κ2) is 8.70. The predicted octanol–water partition coefficient (Wildman–Crippen LogP) is 3.83. The molecular weight excluding hydrogens is 322 g/mol. The molecule has 6 heteroatoms. The zero-order chi connectivity index (χ0) is 16.8. The number of carbonyl (C=O) groups excluding carboxylic acids is 1. The van der Waals surface area contributed by atoms with E-state index in [9.17, 15) is 9.90 Å². The van der Waals surface area contributed by atoms with Gasteiger partial charge in [0.1, 0.15) is 0 Å². The summed E-state index contributed by atoms with van der Waals surface area (Å²) in [5.74, 6) is 0.715. The molecule has 0 aliphatic heterocycles. The molecule has 0 aromatic carbocycles. The summed E-state index contributed by atoms with van der Waals surface area (Å²) in [4.78, 5) is 17.0. The Kier molecular flexibility index (Phi) is 6.35. The third-order valence-electron chi connectivity index (χ3n) is 5.23. The van der Waals surface area contributed by atoms with Gasteiger partial charge in [0.15, 0.2) is 5.13 Å². The number of anilines is 1. The summed E-state index contributed by atoms with van der Waals surface area (Å²) in [5, 5.41) is 17.2. The van der Waals surface area contributed by atoms with E-state index < -0.39 is 0 Å². The molecule has 1 aromatic heterocycles. The first kappa shape index (κ1) is 17.5. The number of rotatable bonds is 6. The molecule has 0 spiro atoms. The first-order valence-electron chi connectivity index (χ1n) is 9.42. The number of hydrogen-bond donors (Lipinski definition) is 3. The van der Waals surface area contributed by atoms with Gasteiger partial charge < -0.3 is 15.7 Å². The Morgan fingerprint density at radius 3 is 2.46 bits per heavy atom. The van der Waals surface area contributed by atoms with Crippen LogP contribution in [0.1, 0.15) is 69.1 Å². The van der Waals surface area contributed by atoms with Gasteiger partial charge in [-0.25, -0.2) is 0 Å². The lowest BCUT2D eigenvalue weighted by Crippen LogP contribution is -2.36. The fourth-order valence-corrected chi connectivity index (χ4v) is 4.69. The van der Waals surface area contributed by atoms with Gasteiger partial charge in [0, 0.05) is 12.6 Å². The van der Waals surface area contributed by atoms with Crippen LogP contribution < -0.4 is 10.6 Å². The Morgan fingerprint density at radius 2 is 1.75 bits per heavy atom. The third-order valence-corrected chi connectivity index (χ3v) is 6.24. The minimum Gasteiger partial charge on any atom is -0.492 e. The van der Waals surface area contributed by atoms with Crippen LogP contribution >= 0.6 is 11.3 Å². The van der Waals surface area contributed by atoms with E-state index in [1.54, 1.807) is 0 Å². The van der Waals surface area contributed by atoms with Gasteiger partial charge in [-0.1, -0.05) is 49.9 Å². The van der Waals surface area contributed by atoms with Crippen LogP contribution in [0.25, 0.3) is 0 Å². The van der Waals surface area contributed by atoms with E-state index in [1.165, 1.54) is 62.7 Å². The second-order valence-electron chi connectivity index (χ2n) is 7.23. The van der Waals surface area contributed by atoms with Crippen molar-refractivity contribution in [3.05, 3.63) is 4.88 Å². The van der Waals surface area contributed by atoms with Crippen LogP contribution in [0.4, 0.5) is 5.13 Å². The second-order valence-corrected chi connectivity index (χ2v) is 8.31. The Hall–Kier alpha value is -1.30. The number of aromatic nitrogens is 1. The predicted molar refractivity (Wildman–Crippen MR) is 97.6 cm³/mol. The van der Waals surface area contributed by atoms with Crippen LogP contribution in [0, 0.1) is 5.92 Å². The zero-order valence-electron chi connectivity index (χ0n) is 14.4. The normalized spacial score (nSPS) is 20.0. The van der Waals surface area contributed by atoms with E-state index in [0.29, 0.717) is 16.8 Å². The molecule has 0 atom stereocenters. The summed E-state index contributed by atoms with van der Waals surface area (Å²) in [6, 6.07) is 0.310. The van der Waals surface area contributed by atoms with Crippen molar-refractivity contribution < 1.29 is 9.90 Å². The molecule has 3 N–H and O–H groups in total. The molecule has 2 saturated carbocycles. The largest absolute Gasteiger partial charge is 0.492 e. The van der Waals surface area contributed by atoms with Gasteiger partial charge in [-0.3, -0.25) is 4.79 Å². The summed E-state index contributed by atoms with van der Waals surface area (Å²) in [5.41, 5.74) is 0. The van der Waals surface area contributed by atoms with Gasteiger partial charge in [-0.05, 0) is 31.6 Å². The summed E-state index contributed by atoms with van der Waals surface area (Å²) in [7, 11) is 0. The highest BCUT2D eigenvalue weighted by Gasteiger charge is 2.19. The third kappa shape index (κ3) is 5.10. The van der Waals surface area contributed by atoms with Gasteiger partial charge in [0.25, 0.3) is 0 Å². The topological polar surface area (TPSA) is 74.2 Å². The number of nitrogens with zero attached hydrogens (tertiary/aromatic N) is 1. The molecule has 3 rings (SSSR count). The molecule has 1 heterocycles. The summed E-state index contributed by atoms with van der Waals surface area (Å²) in [6.45, 7) is 0.917. The Bertz CT molecular complexity index is 534. The fraction of sp³-hybridized carbons (Fsp3) is 0.778. The monoisotopic (exact) mass is 351 g/mol. The molecule has 2 aliphatic carbocycles. The van der Waals surface area contributed by atoms with Crippen molar-refractivity contribution in [3.8, 4) is 5.88 Å². The average Bonchev–Trinajstić information content (AvgIpc) is 2.94. The fourth-order valence-electron chi connectivity index (χ4n) is 3.83. The van der Waals surface area contributed by atoms with Crippen molar-refractivity contribution in [2.45, 2.75) is 76.7 Å². The number of thiazole rings is 1. The highest BCUT2D eigenvalue weighted by Crippen LogP contribution is 2.30. The SMILES string of the molecule is O=C(Cc1sc(NCC2CCCCC2)nc1O)NC1CCCCC1. The van der Waals surface area contributed by atoms with Crippen molar-refractivity contribution in [1.29, 1.82) is 0 Å². The molecule has 134 valence electrons. The van der Waals surface area contributed by atoms with E-state index in [1.807, 2.05) is 0 Å².